The summed E-state index contributed by atoms with van der Waals surface area (Å²) in [4.78, 5) is 0. The van der Waals surface area contributed by atoms with Gasteiger partial charge in [-0.1, -0.05) is 17.7 Å². The molecule has 5 nitrogen and oxygen atoms in total. The summed E-state index contributed by atoms with van der Waals surface area (Å²) in [6, 6.07) is 4.10. The zero-order valence-corrected chi connectivity index (χ0v) is 11.3. The third-order valence-corrected chi connectivity index (χ3v) is 3.18. The number of ether oxygens (including phenoxy) is 1. The summed E-state index contributed by atoms with van der Waals surface area (Å²) in [5, 5.41) is 4.53. The van der Waals surface area contributed by atoms with Gasteiger partial charge in [-0.15, -0.1) is 0 Å². The maximum atomic E-state index is 13.4. The minimum atomic E-state index is -0.432. The van der Waals surface area contributed by atoms with E-state index in [1.165, 1.54) is 19.4 Å². The van der Waals surface area contributed by atoms with Gasteiger partial charge < -0.3 is 4.74 Å². The molecule has 0 radical (unpaired) electrons. The highest BCUT2D eigenvalue weighted by molar-refractivity contribution is 6.31. The normalized spacial score (nSPS) is 12.5. The van der Waals surface area contributed by atoms with E-state index in [-0.39, 0.29) is 5.75 Å². The molecule has 1 atom stereocenters. The van der Waals surface area contributed by atoms with E-state index < -0.39 is 11.9 Å². The second kappa shape index (κ2) is 5.56. The van der Waals surface area contributed by atoms with E-state index in [2.05, 4.69) is 10.5 Å². The van der Waals surface area contributed by atoms with Crippen molar-refractivity contribution < 1.29 is 9.13 Å². The van der Waals surface area contributed by atoms with Crippen molar-refractivity contribution in [3.05, 3.63) is 46.5 Å². The lowest BCUT2D eigenvalue weighted by Gasteiger charge is -2.18. The topological polar surface area (TPSA) is 65.1 Å². The summed E-state index contributed by atoms with van der Waals surface area (Å²) in [5.41, 5.74) is 4.07. The molecule has 1 unspecified atom stereocenters. The quantitative estimate of drug-likeness (QED) is 0.663. The molecular formula is C12H14ClFN4O. The molecule has 0 aliphatic carbocycles. The molecule has 1 aromatic heterocycles. The molecule has 0 aliphatic heterocycles. The van der Waals surface area contributed by atoms with Crippen LogP contribution in [0.5, 0.6) is 5.75 Å². The van der Waals surface area contributed by atoms with Crippen LogP contribution in [-0.2, 0) is 7.05 Å². The van der Waals surface area contributed by atoms with Crippen molar-refractivity contribution >= 4 is 11.6 Å². The van der Waals surface area contributed by atoms with Gasteiger partial charge in [-0.2, -0.15) is 5.10 Å². The second-order valence-corrected chi connectivity index (χ2v) is 4.40. The zero-order valence-electron chi connectivity index (χ0n) is 10.5. The molecular weight excluding hydrogens is 271 g/mol. The minimum absolute atomic E-state index is 0.149. The summed E-state index contributed by atoms with van der Waals surface area (Å²) >= 11 is 6.09. The number of nitrogens with two attached hydrogens (primary N) is 1. The van der Waals surface area contributed by atoms with Crippen LogP contribution in [0.2, 0.25) is 5.02 Å². The van der Waals surface area contributed by atoms with Gasteiger partial charge in [-0.25, -0.2) is 9.82 Å². The Morgan fingerprint density at radius 3 is 2.79 bits per heavy atom. The van der Waals surface area contributed by atoms with E-state index in [0.717, 1.165) is 5.56 Å². The average Bonchev–Trinajstić information content (AvgIpc) is 2.73. The van der Waals surface area contributed by atoms with Crippen LogP contribution >= 0.6 is 11.6 Å². The zero-order chi connectivity index (χ0) is 14.0. The number of aromatic nitrogens is 2. The first-order chi connectivity index (χ1) is 9.08. The standard InChI is InChI=1S/C12H14ClFN4O/c1-18-12(8(13)6-16-18)11(17-15)7-3-4-9(14)10(5-7)19-2/h3-6,11,17H,15H2,1-2H3. The summed E-state index contributed by atoms with van der Waals surface area (Å²) < 4.78 is 20.0. The van der Waals surface area contributed by atoms with Gasteiger partial charge in [0, 0.05) is 7.05 Å². The van der Waals surface area contributed by atoms with Crippen molar-refractivity contribution in [2.75, 3.05) is 7.11 Å². The Morgan fingerprint density at radius 2 is 2.26 bits per heavy atom. The van der Waals surface area contributed by atoms with Crippen LogP contribution in [0.15, 0.2) is 24.4 Å². The van der Waals surface area contributed by atoms with Crippen LogP contribution in [0.4, 0.5) is 4.39 Å². The predicted octanol–water partition coefficient (Wildman–Crippen LogP) is 1.77. The summed E-state index contributed by atoms with van der Waals surface area (Å²) in [7, 11) is 3.16. The van der Waals surface area contributed by atoms with Crippen LogP contribution in [0, 0.1) is 5.82 Å². The Balaban J connectivity index is 2.48. The maximum absolute atomic E-state index is 13.4. The van der Waals surface area contributed by atoms with Gasteiger partial charge in [0.15, 0.2) is 11.6 Å². The first kappa shape index (κ1) is 13.8. The molecule has 0 bridgehead atoms. The number of hydrogen-bond acceptors (Lipinski definition) is 4. The minimum Gasteiger partial charge on any atom is -0.494 e. The Hall–Kier alpha value is -1.63. The molecule has 2 rings (SSSR count). The highest BCUT2D eigenvalue weighted by Gasteiger charge is 2.21. The van der Waals surface area contributed by atoms with Crippen molar-refractivity contribution in [2.45, 2.75) is 6.04 Å². The smallest absolute Gasteiger partial charge is 0.165 e. The molecule has 0 spiro atoms. The predicted molar refractivity (Wildman–Crippen MR) is 70.3 cm³/mol. The van der Waals surface area contributed by atoms with E-state index in [0.29, 0.717) is 10.7 Å². The van der Waals surface area contributed by atoms with E-state index in [1.54, 1.807) is 23.9 Å². The monoisotopic (exact) mass is 284 g/mol. The maximum Gasteiger partial charge on any atom is 0.165 e. The van der Waals surface area contributed by atoms with Crippen molar-refractivity contribution in [3.8, 4) is 5.75 Å². The molecule has 0 amide bonds. The van der Waals surface area contributed by atoms with Gasteiger partial charge in [0.05, 0.1) is 30.1 Å². The fraction of sp³-hybridized carbons (Fsp3) is 0.250. The molecule has 7 heteroatoms. The van der Waals surface area contributed by atoms with Crippen molar-refractivity contribution in [1.82, 2.24) is 15.2 Å². The van der Waals surface area contributed by atoms with Crippen LogP contribution in [0.25, 0.3) is 0 Å². The molecule has 0 fully saturated rings. The Kier molecular flexibility index (Phi) is 4.04. The van der Waals surface area contributed by atoms with Gasteiger partial charge in [0.1, 0.15) is 0 Å². The number of rotatable bonds is 4. The lowest BCUT2D eigenvalue weighted by Crippen LogP contribution is -2.30. The van der Waals surface area contributed by atoms with Crippen LogP contribution in [0.3, 0.4) is 0 Å². The molecule has 3 N–H and O–H groups in total. The first-order valence-corrected chi connectivity index (χ1v) is 5.93. The Bertz CT molecular complexity index is 568. The molecule has 0 saturated heterocycles. The van der Waals surface area contributed by atoms with Gasteiger partial charge in [0.25, 0.3) is 0 Å². The summed E-state index contributed by atoms with van der Waals surface area (Å²) in [5.74, 6) is 5.30. The third kappa shape index (κ3) is 2.56. The van der Waals surface area contributed by atoms with Gasteiger partial charge in [-0.3, -0.25) is 10.5 Å². The molecule has 0 saturated carbocycles. The van der Waals surface area contributed by atoms with E-state index in [1.807, 2.05) is 0 Å². The molecule has 1 aromatic carbocycles. The van der Waals surface area contributed by atoms with Gasteiger partial charge in [-0.05, 0) is 17.7 Å². The SMILES string of the molecule is COc1cc(C(NN)c2c(Cl)cnn2C)ccc1F. The second-order valence-electron chi connectivity index (χ2n) is 4.00. The van der Waals surface area contributed by atoms with Crippen molar-refractivity contribution in [1.29, 1.82) is 0 Å². The molecule has 1 heterocycles. The van der Waals surface area contributed by atoms with E-state index in [9.17, 15) is 4.39 Å². The van der Waals surface area contributed by atoms with Crippen LogP contribution in [0.1, 0.15) is 17.3 Å². The molecule has 102 valence electrons. The molecule has 2 aromatic rings. The third-order valence-electron chi connectivity index (χ3n) is 2.89. The number of aryl methyl sites for hydroxylation is 1. The number of methoxy groups -OCH3 is 1. The number of nitrogens with zero attached hydrogens (tertiary/aromatic N) is 2. The largest absolute Gasteiger partial charge is 0.494 e. The fourth-order valence-corrected chi connectivity index (χ4v) is 2.21. The molecule has 0 aliphatic rings. The van der Waals surface area contributed by atoms with Crippen LogP contribution < -0.4 is 16.0 Å². The fourth-order valence-electron chi connectivity index (χ4n) is 1.93. The van der Waals surface area contributed by atoms with E-state index in [4.69, 9.17) is 22.2 Å². The molecule has 19 heavy (non-hydrogen) atoms. The highest BCUT2D eigenvalue weighted by atomic mass is 35.5. The Labute approximate surface area is 115 Å². The number of hydrazine groups is 1. The first-order valence-electron chi connectivity index (χ1n) is 5.55. The Morgan fingerprint density at radius 1 is 1.53 bits per heavy atom. The number of benzene rings is 1. The van der Waals surface area contributed by atoms with Crippen LogP contribution in [-0.4, -0.2) is 16.9 Å². The lowest BCUT2D eigenvalue weighted by atomic mass is 10.0. The van der Waals surface area contributed by atoms with Gasteiger partial charge in [0.2, 0.25) is 0 Å². The van der Waals surface area contributed by atoms with Crippen molar-refractivity contribution in [3.63, 3.8) is 0 Å². The average molecular weight is 285 g/mol. The lowest BCUT2D eigenvalue weighted by molar-refractivity contribution is 0.385. The summed E-state index contributed by atoms with van der Waals surface area (Å²) in [6.45, 7) is 0. The summed E-state index contributed by atoms with van der Waals surface area (Å²) in [6.07, 6.45) is 1.53. The van der Waals surface area contributed by atoms with Gasteiger partial charge >= 0.3 is 0 Å². The van der Waals surface area contributed by atoms with E-state index >= 15 is 0 Å². The number of hydrogen-bond donors (Lipinski definition) is 2. The number of nitrogens with one attached hydrogen (secondary N) is 1. The number of halogens is 2. The highest BCUT2D eigenvalue weighted by Crippen LogP contribution is 2.30. The van der Waals surface area contributed by atoms with Crippen molar-refractivity contribution in [2.24, 2.45) is 12.9 Å².